The maximum Gasteiger partial charge on any atom is 0.258 e. The van der Waals surface area contributed by atoms with Crippen LogP contribution < -0.4 is 16.0 Å². The van der Waals surface area contributed by atoms with Gasteiger partial charge in [0.15, 0.2) is 5.82 Å². The fourth-order valence-electron chi connectivity index (χ4n) is 1.43. The van der Waals surface area contributed by atoms with Gasteiger partial charge in [-0.3, -0.25) is 4.79 Å². The second kappa shape index (κ2) is 6.55. The van der Waals surface area contributed by atoms with E-state index in [1.54, 1.807) is 7.11 Å². The van der Waals surface area contributed by atoms with E-state index in [1.165, 1.54) is 11.5 Å². The minimum absolute atomic E-state index is 0.0638. The molecule has 3 N–H and O–H groups in total. The molecule has 0 fully saturated rings. The zero-order valence-corrected chi connectivity index (χ0v) is 12.0. The first-order valence-electron chi connectivity index (χ1n) is 5.73. The number of carbonyl (C=O) groups excluding carboxylic acids is 1. The molecule has 0 spiro atoms. The lowest BCUT2D eigenvalue weighted by Crippen LogP contribution is -2.32. The van der Waals surface area contributed by atoms with E-state index in [9.17, 15) is 4.79 Å². The second-order valence-electron chi connectivity index (χ2n) is 4.29. The van der Waals surface area contributed by atoms with Gasteiger partial charge in [0.05, 0.1) is 6.61 Å². The number of nitrogens with one attached hydrogen (secondary N) is 1. The summed E-state index contributed by atoms with van der Waals surface area (Å²) >= 11 is 1.22. The van der Waals surface area contributed by atoms with Crippen molar-refractivity contribution in [3.63, 3.8) is 0 Å². The number of methoxy groups -OCH3 is 1. The highest BCUT2D eigenvalue weighted by molar-refractivity contribution is 7.11. The van der Waals surface area contributed by atoms with Crippen molar-refractivity contribution in [3.05, 3.63) is 5.56 Å². The van der Waals surface area contributed by atoms with Crippen LogP contribution in [-0.4, -0.2) is 43.6 Å². The smallest absolute Gasteiger partial charge is 0.258 e. The van der Waals surface area contributed by atoms with E-state index in [0.29, 0.717) is 18.7 Å². The van der Waals surface area contributed by atoms with Crippen molar-refractivity contribution >= 4 is 28.3 Å². The largest absolute Gasteiger partial charge is 0.383 e. The number of anilines is 2. The Labute approximate surface area is 111 Å². The van der Waals surface area contributed by atoms with Gasteiger partial charge in [-0.05, 0) is 25.4 Å². The summed E-state index contributed by atoms with van der Waals surface area (Å²) in [5.41, 5.74) is 6.22. The molecule has 1 aromatic heterocycles. The summed E-state index contributed by atoms with van der Waals surface area (Å²) in [6.45, 7) is 5.07. The van der Waals surface area contributed by atoms with Crippen LogP contribution in [0.3, 0.4) is 0 Å². The predicted octanol–water partition coefficient (Wildman–Crippen LogP) is 0.946. The number of likely N-dealkylation sites (N-methyl/N-ethyl adjacent to an activating group) is 1. The molecule has 0 radical (unpaired) electrons. The van der Waals surface area contributed by atoms with Gasteiger partial charge in [0.1, 0.15) is 10.6 Å². The van der Waals surface area contributed by atoms with Gasteiger partial charge in [0, 0.05) is 26.7 Å². The van der Waals surface area contributed by atoms with Gasteiger partial charge in [-0.1, -0.05) is 0 Å². The zero-order valence-electron chi connectivity index (χ0n) is 11.2. The van der Waals surface area contributed by atoms with Gasteiger partial charge in [-0.2, -0.15) is 4.37 Å². The Hall–Kier alpha value is -1.34. The number of ether oxygens (including phenoxy) is 1. The van der Waals surface area contributed by atoms with Crippen LogP contribution in [0.1, 0.15) is 24.2 Å². The molecule has 7 heteroatoms. The van der Waals surface area contributed by atoms with Crippen LogP contribution in [0.5, 0.6) is 0 Å². The van der Waals surface area contributed by atoms with Crippen molar-refractivity contribution in [3.8, 4) is 0 Å². The highest BCUT2D eigenvalue weighted by Crippen LogP contribution is 2.29. The molecule has 0 saturated carbocycles. The first-order chi connectivity index (χ1) is 8.47. The highest BCUT2D eigenvalue weighted by atomic mass is 32.1. The van der Waals surface area contributed by atoms with Crippen molar-refractivity contribution in [1.29, 1.82) is 0 Å². The summed E-state index contributed by atoms with van der Waals surface area (Å²) in [6.07, 6.45) is 0. The number of aromatic nitrogens is 1. The van der Waals surface area contributed by atoms with Gasteiger partial charge in [0.2, 0.25) is 0 Å². The summed E-state index contributed by atoms with van der Waals surface area (Å²) in [6, 6.07) is 0.0638. The Bertz CT molecular complexity index is 406. The van der Waals surface area contributed by atoms with Crippen molar-refractivity contribution < 1.29 is 9.53 Å². The number of nitrogens with zero attached hydrogens (tertiary/aromatic N) is 2. The van der Waals surface area contributed by atoms with Crippen LogP contribution in [0.15, 0.2) is 0 Å². The first kappa shape index (κ1) is 14.7. The lowest BCUT2D eigenvalue weighted by molar-refractivity contribution is 0.0944. The second-order valence-corrected chi connectivity index (χ2v) is 5.04. The standard InChI is InChI=1S/C11H20N4O2S/c1-7(2)13-10(16)8-9(12)14-18-11(8)15(3)5-6-17-4/h7H,5-6H2,1-4H3,(H2,12,14)(H,13,16). The average Bonchev–Trinajstić information content (AvgIpc) is 2.67. The van der Waals surface area contributed by atoms with Crippen LogP contribution in [-0.2, 0) is 4.74 Å². The molecule has 0 aromatic carbocycles. The molecule has 0 bridgehead atoms. The molecule has 6 nitrogen and oxygen atoms in total. The predicted molar refractivity (Wildman–Crippen MR) is 74.3 cm³/mol. The number of nitrogens with two attached hydrogens (primary N) is 1. The molecule has 1 aromatic rings. The van der Waals surface area contributed by atoms with Crippen molar-refractivity contribution in [2.75, 3.05) is 37.9 Å². The molecule has 18 heavy (non-hydrogen) atoms. The minimum atomic E-state index is -0.185. The Morgan fingerprint density at radius 2 is 2.28 bits per heavy atom. The van der Waals surface area contributed by atoms with E-state index in [1.807, 2.05) is 25.8 Å². The third-order valence-corrected chi connectivity index (χ3v) is 3.30. The molecule has 0 unspecified atom stereocenters. The molecule has 0 aliphatic rings. The van der Waals surface area contributed by atoms with Crippen LogP contribution >= 0.6 is 11.5 Å². The number of amides is 1. The van der Waals surface area contributed by atoms with Gasteiger partial charge in [-0.25, -0.2) is 0 Å². The molecular weight excluding hydrogens is 252 g/mol. The van der Waals surface area contributed by atoms with Gasteiger partial charge in [0.25, 0.3) is 5.91 Å². The lowest BCUT2D eigenvalue weighted by atomic mass is 10.2. The number of nitrogen functional groups attached to an aromatic ring is 1. The summed E-state index contributed by atoms with van der Waals surface area (Å²) in [5, 5.41) is 3.59. The minimum Gasteiger partial charge on any atom is -0.383 e. The Morgan fingerprint density at radius 3 is 2.83 bits per heavy atom. The summed E-state index contributed by atoms with van der Waals surface area (Å²) < 4.78 is 9.07. The fourth-order valence-corrected chi connectivity index (χ4v) is 2.23. The van der Waals surface area contributed by atoms with Gasteiger partial charge < -0.3 is 20.7 Å². The molecule has 0 aliphatic carbocycles. The molecule has 0 aliphatic heterocycles. The molecule has 102 valence electrons. The molecule has 0 atom stereocenters. The molecular formula is C11H20N4O2S. The summed E-state index contributed by atoms with van der Waals surface area (Å²) in [7, 11) is 3.53. The molecule has 1 rings (SSSR count). The lowest BCUT2D eigenvalue weighted by Gasteiger charge is -2.18. The first-order valence-corrected chi connectivity index (χ1v) is 6.50. The van der Waals surface area contributed by atoms with Crippen LogP contribution in [0.2, 0.25) is 0 Å². The molecule has 1 amide bonds. The average molecular weight is 272 g/mol. The van der Waals surface area contributed by atoms with Crippen LogP contribution in [0.25, 0.3) is 0 Å². The van der Waals surface area contributed by atoms with Crippen molar-refractivity contribution in [1.82, 2.24) is 9.69 Å². The van der Waals surface area contributed by atoms with Crippen LogP contribution in [0.4, 0.5) is 10.8 Å². The number of hydrogen-bond donors (Lipinski definition) is 2. The van der Waals surface area contributed by atoms with Gasteiger partial charge in [-0.15, -0.1) is 0 Å². The van der Waals surface area contributed by atoms with E-state index in [-0.39, 0.29) is 17.8 Å². The maximum absolute atomic E-state index is 12.1. The van der Waals surface area contributed by atoms with Gasteiger partial charge >= 0.3 is 0 Å². The van der Waals surface area contributed by atoms with E-state index in [2.05, 4.69) is 9.69 Å². The van der Waals surface area contributed by atoms with Crippen molar-refractivity contribution in [2.45, 2.75) is 19.9 Å². The fraction of sp³-hybridized carbons (Fsp3) is 0.636. The zero-order chi connectivity index (χ0) is 13.7. The quantitative estimate of drug-likeness (QED) is 0.806. The third-order valence-electron chi connectivity index (χ3n) is 2.32. The van der Waals surface area contributed by atoms with Crippen molar-refractivity contribution in [2.24, 2.45) is 0 Å². The Balaban J connectivity index is 2.90. The number of hydrogen-bond acceptors (Lipinski definition) is 6. The third kappa shape index (κ3) is 3.58. The summed E-state index contributed by atoms with van der Waals surface area (Å²) in [4.78, 5) is 14.0. The monoisotopic (exact) mass is 272 g/mol. The SMILES string of the molecule is COCCN(C)c1snc(N)c1C(=O)NC(C)C. The van der Waals surface area contributed by atoms with E-state index in [0.717, 1.165) is 5.00 Å². The Kier molecular flexibility index (Phi) is 5.36. The molecule has 1 heterocycles. The number of rotatable bonds is 6. The van der Waals surface area contributed by atoms with Crippen LogP contribution in [0, 0.1) is 0 Å². The van der Waals surface area contributed by atoms with E-state index in [4.69, 9.17) is 10.5 Å². The summed E-state index contributed by atoms with van der Waals surface area (Å²) in [5.74, 6) is 0.0907. The topological polar surface area (TPSA) is 80.5 Å². The highest BCUT2D eigenvalue weighted by Gasteiger charge is 2.22. The number of carbonyl (C=O) groups is 1. The van der Waals surface area contributed by atoms with E-state index >= 15 is 0 Å². The maximum atomic E-state index is 12.1. The molecule has 0 saturated heterocycles. The Morgan fingerprint density at radius 1 is 1.61 bits per heavy atom. The van der Waals surface area contributed by atoms with E-state index < -0.39 is 0 Å². The normalized spacial score (nSPS) is 10.7.